The lowest BCUT2D eigenvalue weighted by Gasteiger charge is -2.13. The summed E-state index contributed by atoms with van der Waals surface area (Å²) in [5, 5.41) is 8.62. The summed E-state index contributed by atoms with van der Waals surface area (Å²) in [4.78, 5) is 15.5. The Labute approximate surface area is 99.9 Å². The van der Waals surface area contributed by atoms with Crippen LogP contribution in [0, 0.1) is 0 Å². The molecule has 0 saturated carbocycles. The highest BCUT2D eigenvalue weighted by atomic mass is 35.5. The van der Waals surface area contributed by atoms with Gasteiger partial charge in [0, 0.05) is 11.6 Å². The Morgan fingerprint density at radius 1 is 1.67 bits per heavy atom. The maximum Gasteiger partial charge on any atom is 0.234 e. The molecule has 4 nitrogen and oxygen atoms in total. The van der Waals surface area contributed by atoms with E-state index in [1.54, 1.807) is 24.6 Å². The summed E-state index contributed by atoms with van der Waals surface area (Å²) < 4.78 is 0. The van der Waals surface area contributed by atoms with E-state index in [1.165, 1.54) is 0 Å². The molecular weight excluding hydrogens is 234 g/mol. The van der Waals surface area contributed by atoms with E-state index in [2.05, 4.69) is 15.6 Å². The number of thiazole rings is 1. The molecule has 1 rings (SSSR count). The standard InChI is InChI=1S/C9H15N3OS.ClH/c1-3-7(9-11-4-5-14-9)12-8(13)6-10-2;/h4-5,7,10H,3,6H2,1-2H3,(H,12,13);1H. The lowest BCUT2D eigenvalue weighted by molar-refractivity contribution is -0.120. The molecule has 86 valence electrons. The first-order valence-electron chi connectivity index (χ1n) is 4.61. The molecule has 2 N–H and O–H groups in total. The Kier molecular flexibility index (Phi) is 7.29. The van der Waals surface area contributed by atoms with Crippen LogP contribution in [0.1, 0.15) is 24.4 Å². The Bertz CT molecular complexity index is 279. The number of hydrogen-bond acceptors (Lipinski definition) is 4. The molecule has 0 aliphatic heterocycles. The smallest absolute Gasteiger partial charge is 0.234 e. The minimum atomic E-state index is 0. The van der Waals surface area contributed by atoms with Gasteiger partial charge in [0.25, 0.3) is 0 Å². The van der Waals surface area contributed by atoms with Crippen LogP contribution < -0.4 is 10.6 Å². The topological polar surface area (TPSA) is 54.0 Å². The number of rotatable bonds is 5. The van der Waals surface area contributed by atoms with E-state index < -0.39 is 0 Å². The fourth-order valence-electron chi connectivity index (χ4n) is 1.15. The highest BCUT2D eigenvalue weighted by Crippen LogP contribution is 2.18. The van der Waals surface area contributed by atoms with Crippen molar-refractivity contribution in [2.45, 2.75) is 19.4 Å². The molecule has 1 aromatic rings. The molecule has 0 fully saturated rings. The third-order valence-corrected chi connectivity index (χ3v) is 2.72. The summed E-state index contributed by atoms with van der Waals surface area (Å²) in [6.45, 7) is 2.38. The molecule has 15 heavy (non-hydrogen) atoms. The van der Waals surface area contributed by atoms with E-state index in [0.717, 1.165) is 11.4 Å². The number of amides is 1. The summed E-state index contributed by atoms with van der Waals surface area (Å²) in [5.41, 5.74) is 0. The Hall–Kier alpha value is -0.650. The van der Waals surface area contributed by atoms with E-state index >= 15 is 0 Å². The Balaban J connectivity index is 0.00000196. The fourth-order valence-corrected chi connectivity index (χ4v) is 1.92. The van der Waals surface area contributed by atoms with Gasteiger partial charge in [-0.3, -0.25) is 4.79 Å². The maximum absolute atomic E-state index is 11.3. The van der Waals surface area contributed by atoms with Crippen molar-refractivity contribution >= 4 is 29.7 Å². The number of likely N-dealkylation sites (N-methyl/N-ethyl adjacent to an activating group) is 1. The van der Waals surface area contributed by atoms with Gasteiger partial charge in [-0.25, -0.2) is 4.98 Å². The molecule has 0 aliphatic rings. The quantitative estimate of drug-likeness (QED) is 0.829. The van der Waals surface area contributed by atoms with Crippen LogP contribution in [-0.2, 0) is 4.79 Å². The molecule has 0 aromatic carbocycles. The van der Waals surface area contributed by atoms with Gasteiger partial charge in [-0.15, -0.1) is 23.7 Å². The number of hydrogen-bond donors (Lipinski definition) is 2. The van der Waals surface area contributed by atoms with Crippen molar-refractivity contribution in [1.29, 1.82) is 0 Å². The highest BCUT2D eigenvalue weighted by molar-refractivity contribution is 7.09. The van der Waals surface area contributed by atoms with Crippen LogP contribution in [0.2, 0.25) is 0 Å². The zero-order chi connectivity index (χ0) is 10.4. The minimum absolute atomic E-state index is 0. The van der Waals surface area contributed by atoms with Gasteiger partial charge in [-0.2, -0.15) is 0 Å². The van der Waals surface area contributed by atoms with Crippen molar-refractivity contribution in [2.75, 3.05) is 13.6 Å². The van der Waals surface area contributed by atoms with Crippen LogP contribution in [0.25, 0.3) is 0 Å². The minimum Gasteiger partial charge on any atom is -0.346 e. The second-order valence-corrected chi connectivity index (χ2v) is 3.86. The predicted molar refractivity (Wildman–Crippen MR) is 64.5 cm³/mol. The molecule has 1 unspecified atom stereocenters. The summed E-state index contributed by atoms with van der Waals surface area (Å²) in [5.74, 6) is 0.00884. The molecule has 0 saturated heterocycles. The van der Waals surface area contributed by atoms with Gasteiger partial charge in [0.15, 0.2) is 0 Å². The largest absolute Gasteiger partial charge is 0.346 e. The van der Waals surface area contributed by atoms with Crippen LogP contribution in [-0.4, -0.2) is 24.5 Å². The molecule has 1 heterocycles. The molecule has 0 aliphatic carbocycles. The molecule has 0 radical (unpaired) electrons. The third-order valence-electron chi connectivity index (χ3n) is 1.83. The Morgan fingerprint density at radius 2 is 2.40 bits per heavy atom. The molecule has 1 aromatic heterocycles. The SMILES string of the molecule is CCC(NC(=O)CNC)c1nccs1.Cl. The fraction of sp³-hybridized carbons (Fsp3) is 0.556. The molecule has 6 heteroatoms. The van der Waals surface area contributed by atoms with Crippen molar-refractivity contribution in [3.8, 4) is 0 Å². The first kappa shape index (κ1) is 14.3. The third kappa shape index (κ3) is 4.59. The lowest BCUT2D eigenvalue weighted by atomic mass is 10.2. The number of nitrogens with one attached hydrogen (secondary N) is 2. The number of carbonyl (C=O) groups is 1. The zero-order valence-corrected chi connectivity index (χ0v) is 10.5. The van der Waals surface area contributed by atoms with Gasteiger partial charge in [0.05, 0.1) is 12.6 Å². The van der Waals surface area contributed by atoms with Gasteiger partial charge < -0.3 is 10.6 Å². The zero-order valence-electron chi connectivity index (χ0n) is 8.82. The van der Waals surface area contributed by atoms with Crippen LogP contribution in [0.3, 0.4) is 0 Å². The first-order valence-corrected chi connectivity index (χ1v) is 5.49. The molecular formula is C9H16ClN3OS. The number of carbonyl (C=O) groups excluding carboxylic acids is 1. The number of aromatic nitrogens is 1. The van der Waals surface area contributed by atoms with Gasteiger partial charge in [-0.05, 0) is 13.5 Å². The Morgan fingerprint density at radius 3 is 2.87 bits per heavy atom. The molecule has 0 bridgehead atoms. The average molecular weight is 250 g/mol. The summed E-state index contributed by atoms with van der Waals surface area (Å²) in [7, 11) is 1.75. The van der Waals surface area contributed by atoms with Crippen molar-refractivity contribution in [2.24, 2.45) is 0 Å². The number of nitrogens with zero attached hydrogens (tertiary/aromatic N) is 1. The van der Waals surface area contributed by atoms with Crippen LogP contribution >= 0.6 is 23.7 Å². The molecule has 1 atom stereocenters. The summed E-state index contributed by atoms with van der Waals surface area (Å²) in [6.07, 6.45) is 2.62. The molecule has 1 amide bonds. The van der Waals surface area contributed by atoms with E-state index in [0.29, 0.717) is 6.54 Å². The van der Waals surface area contributed by atoms with Crippen LogP contribution in [0.4, 0.5) is 0 Å². The maximum atomic E-state index is 11.3. The van der Waals surface area contributed by atoms with E-state index in [1.807, 2.05) is 12.3 Å². The van der Waals surface area contributed by atoms with Gasteiger partial charge in [0.2, 0.25) is 5.91 Å². The van der Waals surface area contributed by atoms with Crippen molar-refractivity contribution in [3.63, 3.8) is 0 Å². The normalized spacial score (nSPS) is 11.6. The van der Waals surface area contributed by atoms with Gasteiger partial charge in [0.1, 0.15) is 5.01 Å². The second kappa shape index (κ2) is 7.62. The van der Waals surface area contributed by atoms with Gasteiger partial charge >= 0.3 is 0 Å². The summed E-state index contributed by atoms with van der Waals surface area (Å²) >= 11 is 1.57. The number of halogens is 1. The second-order valence-electron chi connectivity index (χ2n) is 2.93. The molecule has 0 spiro atoms. The van der Waals surface area contributed by atoms with Crippen molar-refractivity contribution in [1.82, 2.24) is 15.6 Å². The van der Waals surface area contributed by atoms with E-state index in [9.17, 15) is 4.79 Å². The van der Waals surface area contributed by atoms with E-state index in [-0.39, 0.29) is 24.4 Å². The predicted octanol–water partition coefficient (Wildman–Crippen LogP) is 1.35. The first-order chi connectivity index (χ1) is 6.77. The lowest BCUT2D eigenvalue weighted by Crippen LogP contribution is -2.34. The average Bonchev–Trinajstić information content (AvgIpc) is 2.67. The van der Waals surface area contributed by atoms with Crippen molar-refractivity contribution < 1.29 is 4.79 Å². The highest BCUT2D eigenvalue weighted by Gasteiger charge is 2.13. The monoisotopic (exact) mass is 249 g/mol. The van der Waals surface area contributed by atoms with Crippen LogP contribution in [0.15, 0.2) is 11.6 Å². The van der Waals surface area contributed by atoms with E-state index in [4.69, 9.17) is 0 Å². The van der Waals surface area contributed by atoms with Gasteiger partial charge in [-0.1, -0.05) is 6.92 Å². The van der Waals surface area contributed by atoms with Crippen LogP contribution in [0.5, 0.6) is 0 Å². The van der Waals surface area contributed by atoms with Crippen molar-refractivity contribution in [3.05, 3.63) is 16.6 Å². The summed E-state index contributed by atoms with van der Waals surface area (Å²) in [6, 6.07) is 0.0517.